The van der Waals surface area contributed by atoms with Crippen LogP contribution in [0.4, 0.5) is 33.7 Å². The second kappa shape index (κ2) is 7.66. The summed E-state index contributed by atoms with van der Waals surface area (Å²) in [6.45, 7) is 0. The Hall–Kier alpha value is -3.82. The number of nitrogens with one attached hydrogen (secondary N) is 3. The minimum Gasteiger partial charge on any atom is -0.364 e. The number of carbonyl (C=O) groups is 2. The smallest absolute Gasteiger partial charge is 0.364 e. The molecule has 0 aliphatic rings. The topological polar surface area (TPSA) is 100 Å². The first kappa shape index (κ1) is 19.9. The van der Waals surface area contributed by atoms with Crippen molar-refractivity contribution in [1.82, 2.24) is 4.98 Å². The van der Waals surface area contributed by atoms with Crippen molar-refractivity contribution in [2.45, 2.75) is 6.18 Å². The molecule has 6 nitrogen and oxygen atoms in total. The highest BCUT2D eigenvalue weighted by Gasteiger charge is 2.31. The van der Waals surface area contributed by atoms with Gasteiger partial charge in [-0.3, -0.25) is 4.79 Å². The molecule has 0 fully saturated rings. The van der Waals surface area contributed by atoms with Gasteiger partial charge in [-0.15, -0.1) is 0 Å². The standard InChI is InChI=1S/C19H14F4N4O2/c20-14-6-3-11(19(21,22)23)9-15(14)27-18(29)26-12-4-1-10(2-5-12)13-7-8-25-16(13)17(24)28/h1-9,25H,(H2,24,28)(H2,26,27,29). The van der Waals surface area contributed by atoms with Gasteiger partial charge in [-0.25, -0.2) is 9.18 Å². The number of urea groups is 1. The van der Waals surface area contributed by atoms with Gasteiger partial charge in [0, 0.05) is 17.4 Å². The lowest BCUT2D eigenvalue weighted by Crippen LogP contribution is -2.20. The van der Waals surface area contributed by atoms with Crippen LogP contribution < -0.4 is 16.4 Å². The molecule has 3 aromatic rings. The molecule has 3 rings (SSSR count). The Morgan fingerprint density at radius 1 is 0.966 bits per heavy atom. The third kappa shape index (κ3) is 4.54. The zero-order valence-electron chi connectivity index (χ0n) is 14.6. The van der Waals surface area contributed by atoms with Crippen LogP contribution in [0, 0.1) is 5.82 Å². The summed E-state index contributed by atoms with van der Waals surface area (Å²) in [5.74, 6) is -1.63. The van der Waals surface area contributed by atoms with Crippen molar-refractivity contribution in [2.24, 2.45) is 5.73 Å². The summed E-state index contributed by atoms with van der Waals surface area (Å²) in [5.41, 5.74) is 5.33. The average molecular weight is 406 g/mol. The Labute approximate surface area is 161 Å². The quantitative estimate of drug-likeness (QED) is 0.477. The molecule has 29 heavy (non-hydrogen) atoms. The Bertz CT molecular complexity index is 1060. The van der Waals surface area contributed by atoms with Gasteiger partial charge in [-0.1, -0.05) is 12.1 Å². The Balaban J connectivity index is 1.72. The third-order valence-electron chi connectivity index (χ3n) is 3.99. The average Bonchev–Trinajstić information content (AvgIpc) is 3.13. The largest absolute Gasteiger partial charge is 0.416 e. The number of H-pyrrole nitrogens is 1. The normalized spacial score (nSPS) is 11.2. The minimum atomic E-state index is -4.67. The first-order valence-corrected chi connectivity index (χ1v) is 8.17. The highest BCUT2D eigenvalue weighted by molar-refractivity contribution is 6.00. The van der Waals surface area contributed by atoms with E-state index in [1.165, 1.54) is 12.1 Å². The number of hydrogen-bond donors (Lipinski definition) is 4. The maximum absolute atomic E-state index is 13.7. The van der Waals surface area contributed by atoms with Crippen LogP contribution in [0.15, 0.2) is 54.7 Å². The molecule has 1 aromatic heterocycles. The zero-order valence-corrected chi connectivity index (χ0v) is 14.6. The van der Waals surface area contributed by atoms with E-state index in [-0.39, 0.29) is 5.69 Å². The van der Waals surface area contributed by atoms with Crippen molar-refractivity contribution < 1.29 is 27.2 Å². The van der Waals surface area contributed by atoms with E-state index in [0.717, 1.165) is 0 Å². The first-order valence-electron chi connectivity index (χ1n) is 8.17. The molecule has 150 valence electrons. The number of aromatic amines is 1. The molecule has 0 radical (unpaired) electrons. The number of halogens is 4. The highest BCUT2D eigenvalue weighted by Crippen LogP contribution is 2.32. The van der Waals surface area contributed by atoms with Gasteiger partial charge in [0.05, 0.1) is 11.3 Å². The molecule has 1 heterocycles. The molecule has 0 aliphatic carbocycles. The SMILES string of the molecule is NC(=O)c1[nH]ccc1-c1ccc(NC(=O)Nc2cc(C(F)(F)F)ccc2F)cc1. The van der Waals surface area contributed by atoms with Crippen molar-refractivity contribution in [2.75, 3.05) is 10.6 Å². The summed E-state index contributed by atoms with van der Waals surface area (Å²) in [7, 11) is 0. The fourth-order valence-corrected chi connectivity index (χ4v) is 2.63. The maximum atomic E-state index is 13.7. The second-order valence-electron chi connectivity index (χ2n) is 5.98. The number of rotatable bonds is 4. The fraction of sp³-hybridized carbons (Fsp3) is 0.0526. The number of nitrogens with two attached hydrogens (primary N) is 1. The van der Waals surface area contributed by atoms with Gasteiger partial charge in [0.25, 0.3) is 5.91 Å². The summed E-state index contributed by atoms with van der Waals surface area (Å²) in [4.78, 5) is 26.1. The zero-order chi connectivity index (χ0) is 21.2. The summed E-state index contributed by atoms with van der Waals surface area (Å²) in [6, 6.07) is 8.69. The summed E-state index contributed by atoms with van der Waals surface area (Å²) in [5, 5.41) is 4.43. The van der Waals surface area contributed by atoms with Gasteiger partial charge in [-0.05, 0) is 42.0 Å². The van der Waals surface area contributed by atoms with E-state index < -0.39 is 35.2 Å². The van der Waals surface area contributed by atoms with Gasteiger partial charge < -0.3 is 21.4 Å². The molecule has 0 saturated carbocycles. The molecule has 0 unspecified atom stereocenters. The van der Waals surface area contributed by atoms with Crippen LogP contribution in [0.5, 0.6) is 0 Å². The van der Waals surface area contributed by atoms with E-state index in [2.05, 4.69) is 10.3 Å². The van der Waals surface area contributed by atoms with Gasteiger partial charge in [0.1, 0.15) is 11.5 Å². The summed E-state index contributed by atoms with van der Waals surface area (Å²) >= 11 is 0. The van der Waals surface area contributed by atoms with E-state index in [1.54, 1.807) is 24.4 Å². The van der Waals surface area contributed by atoms with Crippen molar-refractivity contribution in [1.29, 1.82) is 0 Å². The van der Waals surface area contributed by atoms with Crippen LogP contribution in [-0.2, 0) is 6.18 Å². The summed E-state index contributed by atoms with van der Waals surface area (Å²) < 4.78 is 51.9. The molecule has 0 spiro atoms. The fourth-order valence-electron chi connectivity index (χ4n) is 2.63. The van der Waals surface area contributed by atoms with Crippen LogP contribution in [0.3, 0.4) is 0 Å². The minimum absolute atomic E-state index is 0.225. The number of hydrogen-bond acceptors (Lipinski definition) is 2. The van der Waals surface area contributed by atoms with Crippen molar-refractivity contribution in [3.63, 3.8) is 0 Å². The third-order valence-corrected chi connectivity index (χ3v) is 3.99. The molecule has 0 saturated heterocycles. The van der Waals surface area contributed by atoms with E-state index in [9.17, 15) is 27.2 Å². The molecular formula is C19H14F4N4O2. The van der Waals surface area contributed by atoms with Gasteiger partial charge in [0.15, 0.2) is 0 Å². The van der Waals surface area contributed by atoms with Gasteiger partial charge in [-0.2, -0.15) is 13.2 Å². The number of alkyl halides is 3. The molecule has 3 amide bonds. The van der Waals surface area contributed by atoms with Crippen LogP contribution in [0.25, 0.3) is 11.1 Å². The van der Waals surface area contributed by atoms with Crippen molar-refractivity contribution in [3.8, 4) is 11.1 Å². The lowest BCUT2D eigenvalue weighted by Gasteiger charge is -2.12. The number of carbonyl (C=O) groups excluding carboxylic acids is 2. The van der Waals surface area contributed by atoms with E-state index in [1.807, 2.05) is 5.32 Å². The maximum Gasteiger partial charge on any atom is 0.416 e. The predicted molar refractivity (Wildman–Crippen MR) is 98.8 cm³/mol. The van der Waals surface area contributed by atoms with E-state index in [0.29, 0.717) is 35.0 Å². The van der Waals surface area contributed by atoms with Crippen LogP contribution in [0.2, 0.25) is 0 Å². The number of anilines is 2. The molecule has 5 N–H and O–H groups in total. The van der Waals surface area contributed by atoms with E-state index in [4.69, 9.17) is 5.73 Å². The number of amides is 3. The van der Waals surface area contributed by atoms with Crippen LogP contribution in [0.1, 0.15) is 16.1 Å². The number of benzene rings is 2. The Kier molecular flexibility index (Phi) is 5.26. The van der Waals surface area contributed by atoms with Gasteiger partial charge in [0.2, 0.25) is 0 Å². The lowest BCUT2D eigenvalue weighted by molar-refractivity contribution is -0.137. The number of aromatic nitrogens is 1. The molecule has 0 aliphatic heterocycles. The lowest BCUT2D eigenvalue weighted by atomic mass is 10.1. The first-order chi connectivity index (χ1) is 13.6. The summed E-state index contributed by atoms with van der Waals surface area (Å²) in [6.07, 6.45) is -3.11. The monoisotopic (exact) mass is 406 g/mol. The highest BCUT2D eigenvalue weighted by atomic mass is 19.4. The second-order valence-corrected chi connectivity index (χ2v) is 5.98. The Morgan fingerprint density at radius 2 is 1.66 bits per heavy atom. The van der Waals surface area contributed by atoms with E-state index >= 15 is 0 Å². The van der Waals surface area contributed by atoms with Crippen LogP contribution >= 0.6 is 0 Å². The van der Waals surface area contributed by atoms with Crippen molar-refractivity contribution >= 4 is 23.3 Å². The predicted octanol–water partition coefficient (Wildman–Crippen LogP) is 4.58. The van der Waals surface area contributed by atoms with Crippen LogP contribution in [-0.4, -0.2) is 16.9 Å². The van der Waals surface area contributed by atoms with Crippen molar-refractivity contribution in [3.05, 3.63) is 71.8 Å². The molecule has 0 atom stereocenters. The number of primary amides is 1. The van der Waals surface area contributed by atoms with Gasteiger partial charge >= 0.3 is 12.2 Å². The molecular weight excluding hydrogens is 392 g/mol. The molecule has 10 heteroatoms. The molecule has 2 aromatic carbocycles. The molecule has 0 bridgehead atoms. The Morgan fingerprint density at radius 3 is 2.28 bits per heavy atom.